The molecule has 0 aromatic heterocycles. The molecule has 1 N–H and O–H groups in total. The fraction of sp³-hybridized carbons (Fsp3) is 0.375. The van der Waals surface area contributed by atoms with Gasteiger partial charge in [0.15, 0.2) is 0 Å². The Hall–Kier alpha value is -3.40. The van der Waals surface area contributed by atoms with Crippen molar-refractivity contribution in [1.82, 2.24) is 14.5 Å². The molecule has 10 heteroatoms. The highest BCUT2D eigenvalue weighted by Crippen LogP contribution is 2.30. The first-order valence-corrected chi connectivity index (χ1v) is 12.5. The summed E-state index contributed by atoms with van der Waals surface area (Å²) in [7, 11) is -2.36. The summed E-state index contributed by atoms with van der Waals surface area (Å²) >= 11 is 0. The summed E-state index contributed by atoms with van der Waals surface area (Å²) in [5.41, 5.74) is 0.956. The Labute approximate surface area is 199 Å². The number of fused-ring (bicyclic) bond motifs is 1. The number of carbonyl (C=O) groups is 3. The number of likely N-dealkylation sites (N-methyl/N-ethyl adjacent to an activating group) is 1. The summed E-state index contributed by atoms with van der Waals surface area (Å²) in [4.78, 5) is 39.6. The summed E-state index contributed by atoms with van der Waals surface area (Å²) in [6.45, 7) is 3.97. The van der Waals surface area contributed by atoms with Crippen LogP contribution in [-0.4, -0.2) is 61.6 Å². The van der Waals surface area contributed by atoms with Gasteiger partial charge < -0.3 is 15.0 Å². The van der Waals surface area contributed by atoms with Gasteiger partial charge >= 0.3 is 0 Å². The van der Waals surface area contributed by atoms with E-state index in [9.17, 15) is 22.8 Å². The maximum atomic E-state index is 13.1. The summed E-state index contributed by atoms with van der Waals surface area (Å²) < 4.78 is 31.4. The molecule has 1 aliphatic heterocycles. The lowest BCUT2D eigenvalue weighted by Crippen LogP contribution is -2.47. The SMILES string of the molecule is CCNC(=O)C(C)N(Cc1ccc(OC)cc1)C(=O)CCCN1C(=O)c2ccccc2S1(=O)=O. The third-order valence-electron chi connectivity index (χ3n) is 5.69. The van der Waals surface area contributed by atoms with E-state index in [4.69, 9.17) is 4.74 Å². The van der Waals surface area contributed by atoms with E-state index in [-0.39, 0.29) is 48.2 Å². The highest BCUT2D eigenvalue weighted by atomic mass is 32.2. The van der Waals surface area contributed by atoms with Crippen LogP contribution in [0.4, 0.5) is 0 Å². The zero-order valence-corrected chi connectivity index (χ0v) is 20.3. The maximum absolute atomic E-state index is 13.1. The Morgan fingerprint density at radius 1 is 1.12 bits per heavy atom. The molecule has 0 fully saturated rings. The van der Waals surface area contributed by atoms with Crippen molar-refractivity contribution in [2.45, 2.75) is 44.2 Å². The molecular weight excluding hydrogens is 458 g/mol. The molecule has 1 aliphatic rings. The highest BCUT2D eigenvalue weighted by Gasteiger charge is 2.40. The molecule has 0 spiro atoms. The average molecular weight is 488 g/mol. The fourth-order valence-electron chi connectivity index (χ4n) is 3.80. The molecule has 2 aromatic carbocycles. The van der Waals surface area contributed by atoms with Gasteiger partial charge in [-0.25, -0.2) is 12.7 Å². The van der Waals surface area contributed by atoms with Crippen molar-refractivity contribution in [2.75, 3.05) is 20.2 Å². The van der Waals surface area contributed by atoms with E-state index in [0.29, 0.717) is 12.3 Å². The van der Waals surface area contributed by atoms with Crippen LogP contribution in [0.3, 0.4) is 0 Å². The number of nitrogens with zero attached hydrogens (tertiary/aromatic N) is 2. The Balaban J connectivity index is 1.70. The minimum atomic E-state index is -3.92. The van der Waals surface area contributed by atoms with Crippen molar-refractivity contribution < 1.29 is 27.5 Å². The van der Waals surface area contributed by atoms with Crippen LogP contribution in [0.2, 0.25) is 0 Å². The lowest BCUT2D eigenvalue weighted by Gasteiger charge is -2.29. The van der Waals surface area contributed by atoms with E-state index in [1.807, 2.05) is 12.1 Å². The minimum Gasteiger partial charge on any atom is -0.497 e. The van der Waals surface area contributed by atoms with Crippen LogP contribution in [0.25, 0.3) is 0 Å². The van der Waals surface area contributed by atoms with Gasteiger partial charge in [-0.05, 0) is 50.1 Å². The van der Waals surface area contributed by atoms with Crippen molar-refractivity contribution in [3.63, 3.8) is 0 Å². The Morgan fingerprint density at radius 2 is 1.79 bits per heavy atom. The standard InChI is InChI=1S/C24H29N3O6S/c1-4-25-23(29)17(2)26(16-18-11-13-19(33-3)14-12-18)22(28)10-7-15-27-24(30)20-8-5-6-9-21(20)34(27,31)32/h5-6,8-9,11-14,17H,4,7,10,15-16H2,1-3H3,(H,25,29). The van der Waals surface area contributed by atoms with Crippen molar-refractivity contribution in [3.05, 3.63) is 59.7 Å². The van der Waals surface area contributed by atoms with Crippen LogP contribution < -0.4 is 10.1 Å². The zero-order valence-electron chi connectivity index (χ0n) is 19.5. The van der Waals surface area contributed by atoms with E-state index in [2.05, 4.69) is 5.32 Å². The second-order valence-corrected chi connectivity index (χ2v) is 9.75. The maximum Gasteiger partial charge on any atom is 0.269 e. The van der Waals surface area contributed by atoms with Gasteiger partial charge in [-0.2, -0.15) is 0 Å². The largest absolute Gasteiger partial charge is 0.497 e. The molecule has 9 nitrogen and oxygen atoms in total. The third-order valence-corrected chi connectivity index (χ3v) is 7.53. The average Bonchev–Trinajstić information content (AvgIpc) is 3.03. The molecule has 0 aliphatic carbocycles. The first-order valence-electron chi connectivity index (χ1n) is 11.1. The van der Waals surface area contributed by atoms with Crippen LogP contribution in [0.5, 0.6) is 5.75 Å². The topological polar surface area (TPSA) is 113 Å². The molecule has 3 rings (SSSR count). The number of amides is 3. The number of methoxy groups -OCH3 is 1. The Bertz CT molecular complexity index is 1160. The molecule has 2 aromatic rings. The molecule has 1 heterocycles. The number of hydrogen-bond donors (Lipinski definition) is 1. The predicted octanol–water partition coefficient (Wildman–Crippen LogP) is 2.17. The Morgan fingerprint density at radius 3 is 2.41 bits per heavy atom. The lowest BCUT2D eigenvalue weighted by molar-refractivity contribution is -0.140. The van der Waals surface area contributed by atoms with Crippen molar-refractivity contribution in [2.24, 2.45) is 0 Å². The highest BCUT2D eigenvalue weighted by molar-refractivity contribution is 7.90. The number of benzene rings is 2. The van der Waals surface area contributed by atoms with Gasteiger partial charge in [0.2, 0.25) is 11.8 Å². The van der Waals surface area contributed by atoms with E-state index in [0.717, 1.165) is 9.87 Å². The molecule has 182 valence electrons. The third kappa shape index (κ3) is 5.22. The van der Waals surface area contributed by atoms with Crippen LogP contribution >= 0.6 is 0 Å². The second-order valence-electron chi connectivity index (χ2n) is 7.92. The zero-order chi connectivity index (χ0) is 24.9. The van der Waals surface area contributed by atoms with E-state index >= 15 is 0 Å². The van der Waals surface area contributed by atoms with Gasteiger partial charge in [0, 0.05) is 26.1 Å². The van der Waals surface area contributed by atoms with Gasteiger partial charge in [-0.15, -0.1) is 0 Å². The lowest BCUT2D eigenvalue weighted by atomic mass is 10.1. The summed E-state index contributed by atoms with van der Waals surface area (Å²) in [6, 6.07) is 12.5. The van der Waals surface area contributed by atoms with E-state index in [1.165, 1.54) is 17.0 Å². The molecule has 0 saturated heterocycles. The van der Waals surface area contributed by atoms with Crippen LogP contribution in [0.1, 0.15) is 42.6 Å². The number of ether oxygens (including phenoxy) is 1. The molecule has 34 heavy (non-hydrogen) atoms. The van der Waals surface area contributed by atoms with Crippen molar-refractivity contribution in [1.29, 1.82) is 0 Å². The number of rotatable bonds is 10. The minimum absolute atomic E-state index is 0.0164. The molecular formula is C24H29N3O6S. The van der Waals surface area contributed by atoms with E-state index in [1.54, 1.807) is 45.2 Å². The Kier molecular flexibility index (Phi) is 7.93. The summed E-state index contributed by atoms with van der Waals surface area (Å²) in [6.07, 6.45) is 0.120. The fourth-order valence-corrected chi connectivity index (χ4v) is 5.41. The van der Waals surface area contributed by atoms with Gasteiger partial charge in [0.05, 0.1) is 12.7 Å². The van der Waals surface area contributed by atoms with Gasteiger partial charge in [-0.1, -0.05) is 24.3 Å². The van der Waals surface area contributed by atoms with Crippen LogP contribution in [0.15, 0.2) is 53.4 Å². The second kappa shape index (κ2) is 10.7. The van der Waals surface area contributed by atoms with Crippen molar-refractivity contribution in [3.8, 4) is 5.75 Å². The molecule has 0 saturated carbocycles. The van der Waals surface area contributed by atoms with Gasteiger partial charge in [0.25, 0.3) is 15.9 Å². The number of hydrogen-bond acceptors (Lipinski definition) is 6. The van der Waals surface area contributed by atoms with Gasteiger partial charge in [-0.3, -0.25) is 14.4 Å². The van der Waals surface area contributed by atoms with Crippen LogP contribution in [0, 0.1) is 0 Å². The number of nitrogens with one attached hydrogen (secondary N) is 1. The summed E-state index contributed by atoms with van der Waals surface area (Å²) in [5.74, 6) is -0.502. The summed E-state index contributed by atoms with van der Waals surface area (Å²) in [5, 5.41) is 2.73. The molecule has 0 radical (unpaired) electrons. The molecule has 1 unspecified atom stereocenters. The quantitative estimate of drug-likeness (QED) is 0.550. The molecule has 3 amide bonds. The van der Waals surface area contributed by atoms with Crippen molar-refractivity contribution >= 4 is 27.7 Å². The molecule has 0 bridgehead atoms. The first-order chi connectivity index (χ1) is 16.2. The van der Waals surface area contributed by atoms with Crippen LogP contribution in [-0.2, 0) is 26.2 Å². The monoisotopic (exact) mass is 487 g/mol. The normalized spacial score (nSPS) is 14.9. The predicted molar refractivity (Wildman–Crippen MR) is 126 cm³/mol. The van der Waals surface area contributed by atoms with Gasteiger partial charge in [0.1, 0.15) is 16.7 Å². The molecule has 1 atom stereocenters. The smallest absolute Gasteiger partial charge is 0.269 e. The number of sulfonamides is 1. The van der Waals surface area contributed by atoms with E-state index < -0.39 is 22.0 Å². The number of carbonyl (C=O) groups excluding carboxylic acids is 3. The first kappa shape index (κ1) is 25.2.